The van der Waals surface area contributed by atoms with Crippen LogP contribution in [0.3, 0.4) is 0 Å². The quantitative estimate of drug-likeness (QED) is 0.714. The molecule has 1 unspecified atom stereocenters. The minimum atomic E-state index is -1.14. The second-order valence-electron chi connectivity index (χ2n) is 3.74. The van der Waals surface area contributed by atoms with Gasteiger partial charge >= 0.3 is 5.97 Å². The highest BCUT2D eigenvalue weighted by Gasteiger charge is 2.14. The summed E-state index contributed by atoms with van der Waals surface area (Å²) in [5, 5.41) is 28.0. The molecule has 0 aromatic heterocycles. The summed E-state index contributed by atoms with van der Waals surface area (Å²) in [4.78, 5) is 10.8. The van der Waals surface area contributed by atoms with Crippen LogP contribution in [0.25, 0.3) is 11.1 Å². The van der Waals surface area contributed by atoms with Crippen molar-refractivity contribution >= 4 is 11.7 Å². The van der Waals surface area contributed by atoms with E-state index in [4.69, 9.17) is 10.3 Å². The average molecular weight is 245 g/mol. The Morgan fingerprint density at radius 1 is 1.11 bits per heavy atom. The first-order valence-corrected chi connectivity index (χ1v) is 5.25. The zero-order valence-electron chi connectivity index (χ0n) is 9.33. The molecule has 0 amide bonds. The number of carboxylic acids is 1. The van der Waals surface area contributed by atoms with E-state index in [0.717, 1.165) is 5.56 Å². The molecule has 18 heavy (non-hydrogen) atoms. The van der Waals surface area contributed by atoms with Gasteiger partial charge in [-0.2, -0.15) is 5.23 Å². The van der Waals surface area contributed by atoms with Crippen LogP contribution in [0.15, 0.2) is 48.5 Å². The molecule has 0 heterocycles. The number of rotatable bonds is 3. The fourth-order valence-electron chi connectivity index (χ4n) is 1.72. The maximum Gasteiger partial charge on any atom is 0.335 e. The highest BCUT2D eigenvalue weighted by atomic mass is 16.8. The van der Waals surface area contributed by atoms with E-state index in [1.807, 2.05) is 6.07 Å². The Bertz CT molecular complexity index is 566. The van der Waals surface area contributed by atoms with E-state index in [0.29, 0.717) is 5.56 Å². The number of aromatic carboxylic acids is 1. The first kappa shape index (κ1) is 12.3. The van der Waals surface area contributed by atoms with Crippen molar-refractivity contribution in [1.29, 1.82) is 0 Å². The SMILES string of the molecule is O=C(O)c1ccc(-c2ccccc2)c([NH+]([O-])O)c1. The average Bonchev–Trinajstić information content (AvgIpc) is 2.39. The Kier molecular flexibility index (Phi) is 3.38. The zero-order chi connectivity index (χ0) is 13.1. The molecule has 0 aliphatic heterocycles. The highest BCUT2D eigenvalue weighted by molar-refractivity contribution is 5.90. The molecule has 2 aromatic carbocycles. The predicted octanol–water partition coefficient (Wildman–Crippen LogP) is 1.46. The summed E-state index contributed by atoms with van der Waals surface area (Å²) in [5.41, 5.74) is 1.20. The Labute approximate surface area is 103 Å². The molecule has 0 saturated carbocycles. The summed E-state index contributed by atoms with van der Waals surface area (Å²) in [7, 11) is 0. The van der Waals surface area contributed by atoms with Crippen molar-refractivity contribution in [2.75, 3.05) is 0 Å². The lowest BCUT2D eigenvalue weighted by atomic mass is 10.0. The smallest absolute Gasteiger partial charge is 0.335 e. The van der Waals surface area contributed by atoms with Gasteiger partial charge in [0, 0.05) is 11.6 Å². The van der Waals surface area contributed by atoms with E-state index in [-0.39, 0.29) is 11.3 Å². The van der Waals surface area contributed by atoms with Gasteiger partial charge in [-0.15, -0.1) is 0 Å². The highest BCUT2D eigenvalue weighted by Crippen LogP contribution is 2.26. The molecule has 92 valence electrons. The fourth-order valence-corrected chi connectivity index (χ4v) is 1.72. The largest absolute Gasteiger partial charge is 0.595 e. The van der Waals surface area contributed by atoms with Crippen molar-refractivity contribution < 1.29 is 20.3 Å². The van der Waals surface area contributed by atoms with E-state index in [2.05, 4.69) is 0 Å². The number of benzene rings is 2. The van der Waals surface area contributed by atoms with Crippen molar-refractivity contribution in [2.24, 2.45) is 0 Å². The molecular weight excluding hydrogens is 234 g/mol. The van der Waals surface area contributed by atoms with Crippen LogP contribution in [0.2, 0.25) is 0 Å². The van der Waals surface area contributed by atoms with Crippen molar-refractivity contribution in [1.82, 2.24) is 0 Å². The second kappa shape index (κ2) is 4.97. The van der Waals surface area contributed by atoms with Gasteiger partial charge in [-0.05, 0) is 17.7 Å². The maximum absolute atomic E-state index is 11.2. The second-order valence-corrected chi connectivity index (χ2v) is 3.74. The lowest BCUT2D eigenvalue weighted by Crippen LogP contribution is -2.99. The normalized spacial score (nSPS) is 12.1. The fraction of sp³-hybridized carbons (Fsp3) is 0. The third-order valence-corrected chi connectivity index (χ3v) is 2.58. The van der Waals surface area contributed by atoms with E-state index in [1.165, 1.54) is 18.2 Å². The molecule has 0 spiro atoms. The molecule has 5 nitrogen and oxygen atoms in total. The van der Waals surface area contributed by atoms with Crippen LogP contribution in [0.1, 0.15) is 10.4 Å². The molecule has 0 fully saturated rings. The number of hydrogen-bond acceptors (Lipinski definition) is 3. The van der Waals surface area contributed by atoms with E-state index in [1.54, 1.807) is 24.3 Å². The summed E-state index contributed by atoms with van der Waals surface area (Å²) in [6.45, 7) is 0. The molecule has 3 N–H and O–H groups in total. The number of carboxylic acid groups (broad SMARTS) is 1. The van der Waals surface area contributed by atoms with Crippen LogP contribution in [0.5, 0.6) is 0 Å². The summed E-state index contributed by atoms with van der Waals surface area (Å²) in [5.74, 6) is -1.14. The number of quaternary nitrogens is 1. The van der Waals surface area contributed by atoms with Crippen molar-refractivity contribution in [3.8, 4) is 11.1 Å². The van der Waals surface area contributed by atoms with Gasteiger partial charge in [0.15, 0.2) is 5.69 Å². The lowest BCUT2D eigenvalue weighted by Gasteiger charge is -2.16. The number of hydrogen-bond donors (Lipinski definition) is 3. The molecule has 0 bridgehead atoms. The molecule has 0 radical (unpaired) electrons. The molecule has 0 aliphatic rings. The summed E-state index contributed by atoms with van der Waals surface area (Å²) < 4.78 is 0. The van der Waals surface area contributed by atoms with E-state index in [9.17, 15) is 10.0 Å². The van der Waals surface area contributed by atoms with Crippen LogP contribution in [-0.4, -0.2) is 16.3 Å². The summed E-state index contributed by atoms with van der Waals surface area (Å²) in [6, 6.07) is 13.1. The minimum absolute atomic E-state index is 0.0129. The van der Waals surface area contributed by atoms with Gasteiger partial charge < -0.3 is 10.3 Å². The van der Waals surface area contributed by atoms with Gasteiger partial charge in [0.05, 0.1) is 5.56 Å². The third-order valence-electron chi connectivity index (χ3n) is 2.58. The first-order valence-electron chi connectivity index (χ1n) is 5.25. The topological polar surface area (TPSA) is 85.0 Å². The predicted molar refractivity (Wildman–Crippen MR) is 64.6 cm³/mol. The summed E-state index contributed by atoms with van der Waals surface area (Å²) in [6.07, 6.45) is 0. The maximum atomic E-state index is 11.2. The van der Waals surface area contributed by atoms with Crippen LogP contribution in [0, 0.1) is 5.21 Å². The Morgan fingerprint density at radius 2 is 1.78 bits per heavy atom. The molecule has 1 atom stereocenters. The van der Waals surface area contributed by atoms with Crippen molar-refractivity contribution in [3.63, 3.8) is 0 Å². The van der Waals surface area contributed by atoms with Crippen LogP contribution in [0.4, 0.5) is 5.69 Å². The number of nitrogens with one attached hydrogen (secondary N) is 1. The van der Waals surface area contributed by atoms with E-state index < -0.39 is 11.2 Å². The first-order chi connectivity index (χ1) is 8.59. The van der Waals surface area contributed by atoms with Crippen LogP contribution in [-0.2, 0) is 0 Å². The van der Waals surface area contributed by atoms with Gasteiger partial charge in [0.25, 0.3) is 0 Å². The van der Waals surface area contributed by atoms with Gasteiger partial charge in [-0.1, -0.05) is 30.3 Å². The van der Waals surface area contributed by atoms with Crippen molar-refractivity contribution in [3.05, 3.63) is 59.3 Å². The monoisotopic (exact) mass is 245 g/mol. The lowest BCUT2D eigenvalue weighted by molar-refractivity contribution is -0.991. The summed E-state index contributed by atoms with van der Waals surface area (Å²) >= 11 is 0. The van der Waals surface area contributed by atoms with Gasteiger partial charge in [0.1, 0.15) is 0 Å². The molecule has 5 heteroatoms. The molecular formula is C13H11NO4. The van der Waals surface area contributed by atoms with Crippen LogP contribution < -0.4 is 5.23 Å². The molecule has 0 aliphatic carbocycles. The van der Waals surface area contributed by atoms with Crippen LogP contribution >= 0.6 is 0 Å². The zero-order valence-corrected chi connectivity index (χ0v) is 9.33. The molecule has 2 aromatic rings. The number of carbonyl (C=O) groups is 1. The van der Waals surface area contributed by atoms with Gasteiger partial charge in [-0.3, -0.25) is 0 Å². The Hall–Kier alpha value is -2.21. The van der Waals surface area contributed by atoms with Gasteiger partial charge in [-0.25, -0.2) is 10.0 Å². The van der Waals surface area contributed by atoms with Crippen molar-refractivity contribution in [2.45, 2.75) is 0 Å². The Balaban J connectivity index is 2.58. The van der Waals surface area contributed by atoms with E-state index >= 15 is 0 Å². The Morgan fingerprint density at radius 3 is 2.33 bits per heavy atom. The minimum Gasteiger partial charge on any atom is -0.595 e. The third kappa shape index (κ3) is 2.38. The van der Waals surface area contributed by atoms with Gasteiger partial charge in [0.2, 0.25) is 0 Å². The molecule has 0 saturated heterocycles. The molecule has 2 rings (SSSR count). The standard InChI is InChI=1S/C13H11NO4/c15-13(16)10-6-7-11(12(8-10)14(17)18)9-4-2-1-3-5-9/h1-8,14,17H,(H,15,16).